The van der Waals surface area contributed by atoms with E-state index < -0.39 is 37.3 Å². The molecule has 8 heteroatoms. The van der Waals surface area contributed by atoms with Crippen LogP contribution in [0, 0.1) is 56.7 Å². The summed E-state index contributed by atoms with van der Waals surface area (Å²) >= 11 is 0. The number of allylic oxidation sites excluding steroid dienone is 1. The zero-order chi connectivity index (χ0) is 33.6. The van der Waals surface area contributed by atoms with Crippen molar-refractivity contribution >= 4 is 5.97 Å². The summed E-state index contributed by atoms with van der Waals surface area (Å²) in [6, 6.07) is 0. The lowest BCUT2D eigenvalue weighted by Crippen LogP contribution is -2.67. The Labute approximate surface area is 276 Å². The number of hydrogen-bond donors (Lipinski definition) is 4. The molecular weight excluding hydrogens is 584 g/mol. The molecule has 6 fully saturated rings. The number of hydrogen-bond acceptors (Lipinski definition) is 8. The number of esters is 1. The topological polar surface area (TPSA) is 126 Å². The lowest BCUT2D eigenvalue weighted by Gasteiger charge is -2.73. The van der Waals surface area contributed by atoms with E-state index in [2.05, 4.69) is 48.1 Å². The van der Waals surface area contributed by atoms with E-state index in [4.69, 9.17) is 14.2 Å². The molecule has 46 heavy (non-hydrogen) atoms. The van der Waals surface area contributed by atoms with Gasteiger partial charge >= 0.3 is 5.97 Å². The third-order valence-electron chi connectivity index (χ3n) is 15.9. The van der Waals surface area contributed by atoms with Crippen molar-refractivity contribution in [1.82, 2.24) is 0 Å². The van der Waals surface area contributed by atoms with Crippen molar-refractivity contribution in [2.24, 2.45) is 56.7 Å². The number of carbonyl (C=O) groups excluding carboxylic acids is 1. The number of rotatable bonds is 6. The highest BCUT2D eigenvalue weighted by atomic mass is 16.7. The van der Waals surface area contributed by atoms with E-state index in [-0.39, 0.29) is 39.1 Å². The monoisotopic (exact) mass is 646 g/mol. The molecule has 8 nitrogen and oxygen atoms in total. The first-order valence-corrected chi connectivity index (χ1v) is 18.2. The Kier molecular flexibility index (Phi) is 8.93. The summed E-state index contributed by atoms with van der Waals surface area (Å²) in [5.74, 6) is 2.41. The van der Waals surface area contributed by atoms with Crippen molar-refractivity contribution in [2.75, 3.05) is 13.2 Å². The van der Waals surface area contributed by atoms with E-state index in [9.17, 15) is 25.2 Å². The normalized spacial score (nSPS) is 52.9. The molecule has 1 saturated heterocycles. The maximum absolute atomic E-state index is 12.0. The first-order chi connectivity index (χ1) is 21.5. The molecule has 0 aromatic rings. The SMILES string of the molecule is C=C(C)[C@@H]1CC[C@]2(COC(C)=O)CC[C@]3(C)[C@H](CCC4[C@@]5(C)CC[C@@H](O[C@@H]6O[C@H](CO)[C@@H](O)[C@H](O)[C@H]6O)C(C)(C)[C@@H]5CC[C@]43C)[C@@H]12. The second-order valence-electron chi connectivity index (χ2n) is 18.0. The van der Waals surface area contributed by atoms with E-state index in [0.29, 0.717) is 36.2 Å². The van der Waals surface area contributed by atoms with Crippen molar-refractivity contribution in [3.63, 3.8) is 0 Å². The lowest BCUT2D eigenvalue weighted by atomic mass is 9.32. The number of fused-ring (bicyclic) bond motifs is 7. The average Bonchev–Trinajstić information content (AvgIpc) is 3.38. The van der Waals surface area contributed by atoms with Crippen LogP contribution in [0.3, 0.4) is 0 Å². The lowest BCUT2D eigenvalue weighted by molar-refractivity contribution is -0.332. The van der Waals surface area contributed by atoms with Crippen molar-refractivity contribution < 1.29 is 39.4 Å². The molecule has 1 heterocycles. The van der Waals surface area contributed by atoms with Crippen LogP contribution in [-0.4, -0.2) is 76.4 Å². The molecule has 0 spiro atoms. The van der Waals surface area contributed by atoms with Crippen LogP contribution in [0.2, 0.25) is 0 Å². The van der Waals surface area contributed by atoms with Gasteiger partial charge in [0.2, 0.25) is 0 Å². The molecule has 5 aliphatic carbocycles. The molecule has 5 saturated carbocycles. The molecule has 0 radical (unpaired) electrons. The molecule has 4 N–H and O–H groups in total. The summed E-state index contributed by atoms with van der Waals surface area (Å²) in [7, 11) is 0. The minimum atomic E-state index is -1.44. The van der Waals surface area contributed by atoms with Crippen LogP contribution in [0.15, 0.2) is 12.2 Å². The molecule has 262 valence electrons. The van der Waals surface area contributed by atoms with Gasteiger partial charge in [0.1, 0.15) is 24.4 Å². The van der Waals surface area contributed by atoms with Gasteiger partial charge in [-0.15, -0.1) is 0 Å². The molecule has 0 aromatic heterocycles. The first-order valence-electron chi connectivity index (χ1n) is 18.2. The first kappa shape index (κ1) is 34.8. The van der Waals surface area contributed by atoms with Crippen molar-refractivity contribution in [2.45, 2.75) is 149 Å². The molecule has 15 atom stereocenters. The van der Waals surface area contributed by atoms with Gasteiger partial charge in [-0.3, -0.25) is 4.79 Å². The molecule has 0 aromatic carbocycles. The minimum Gasteiger partial charge on any atom is -0.465 e. The summed E-state index contributed by atoms with van der Waals surface area (Å²) in [5.41, 5.74) is 1.67. The summed E-state index contributed by atoms with van der Waals surface area (Å²) in [6.07, 6.45) is 4.65. The van der Waals surface area contributed by atoms with Crippen LogP contribution in [0.25, 0.3) is 0 Å². The van der Waals surface area contributed by atoms with Crippen LogP contribution >= 0.6 is 0 Å². The highest BCUT2D eigenvalue weighted by molar-refractivity contribution is 5.65. The van der Waals surface area contributed by atoms with Gasteiger partial charge in [-0.1, -0.05) is 46.8 Å². The predicted molar refractivity (Wildman–Crippen MR) is 174 cm³/mol. The van der Waals surface area contributed by atoms with Crippen molar-refractivity contribution in [3.8, 4) is 0 Å². The van der Waals surface area contributed by atoms with E-state index in [1.807, 2.05) is 0 Å². The fourth-order valence-corrected chi connectivity index (χ4v) is 13.3. The van der Waals surface area contributed by atoms with Gasteiger partial charge in [-0.05, 0) is 122 Å². The molecule has 0 amide bonds. The van der Waals surface area contributed by atoms with Crippen LogP contribution in [-0.2, 0) is 19.0 Å². The third-order valence-corrected chi connectivity index (χ3v) is 15.9. The Morgan fingerprint density at radius 1 is 0.826 bits per heavy atom. The molecular formula is C38H62O8. The Morgan fingerprint density at radius 3 is 2.20 bits per heavy atom. The van der Waals surface area contributed by atoms with Crippen molar-refractivity contribution in [1.29, 1.82) is 0 Å². The largest absolute Gasteiger partial charge is 0.465 e. The predicted octanol–water partition coefficient (Wildman–Crippen LogP) is 5.39. The van der Waals surface area contributed by atoms with E-state index in [1.54, 1.807) is 6.92 Å². The fraction of sp³-hybridized carbons (Fsp3) is 0.921. The maximum atomic E-state index is 12.0. The van der Waals surface area contributed by atoms with Gasteiger partial charge in [-0.2, -0.15) is 0 Å². The van der Waals surface area contributed by atoms with Crippen LogP contribution in [0.5, 0.6) is 0 Å². The second kappa shape index (κ2) is 11.8. The molecule has 6 aliphatic rings. The quantitative estimate of drug-likeness (QED) is 0.172. The van der Waals surface area contributed by atoms with Gasteiger partial charge < -0.3 is 34.6 Å². The average molecular weight is 647 g/mol. The number of aliphatic hydroxyl groups excluding tert-OH is 4. The minimum absolute atomic E-state index is 0.0611. The Balaban J connectivity index is 1.26. The Morgan fingerprint density at radius 2 is 1.54 bits per heavy atom. The summed E-state index contributed by atoms with van der Waals surface area (Å²) in [4.78, 5) is 12.0. The van der Waals surface area contributed by atoms with Crippen LogP contribution in [0.4, 0.5) is 0 Å². The summed E-state index contributed by atoms with van der Waals surface area (Å²) in [5, 5.41) is 41.2. The molecule has 1 unspecified atom stereocenters. The molecule has 0 bridgehead atoms. The molecule has 1 aliphatic heterocycles. The van der Waals surface area contributed by atoms with Gasteiger partial charge in [0.25, 0.3) is 0 Å². The van der Waals surface area contributed by atoms with Crippen molar-refractivity contribution in [3.05, 3.63) is 12.2 Å². The van der Waals surface area contributed by atoms with Crippen LogP contribution in [0.1, 0.15) is 113 Å². The Hall–Kier alpha value is -1.03. The van der Waals surface area contributed by atoms with Crippen LogP contribution < -0.4 is 0 Å². The summed E-state index contributed by atoms with van der Waals surface area (Å²) < 4.78 is 18.1. The smallest absolute Gasteiger partial charge is 0.302 e. The highest BCUT2D eigenvalue weighted by Gasteiger charge is 2.71. The molecule has 6 rings (SSSR count). The summed E-state index contributed by atoms with van der Waals surface area (Å²) in [6.45, 7) is 20.7. The fourth-order valence-electron chi connectivity index (χ4n) is 13.3. The standard InChI is InChI=1S/C38H62O8/c1-21(2)23-11-16-38(20-44-22(3)40)18-17-36(7)24(29(23)38)9-10-27-35(6)14-13-28(34(4,5)26(35)12-15-37(27,36)8)46-33-32(43)31(42)30(41)25(19-39)45-33/h23-33,39,41-43H,1,9-20H2,2-8H3/t23-,24+,25+,26-,27?,28+,29+,30+,31-,32+,33-,35-,36+,37+,38+/m0/s1. The highest BCUT2D eigenvalue weighted by Crippen LogP contribution is 2.77. The van der Waals surface area contributed by atoms with E-state index in [1.165, 1.54) is 31.3 Å². The van der Waals surface area contributed by atoms with E-state index >= 15 is 0 Å². The zero-order valence-corrected chi connectivity index (χ0v) is 29.5. The Bertz CT molecular complexity index is 1190. The van der Waals surface area contributed by atoms with Gasteiger partial charge in [0.15, 0.2) is 6.29 Å². The third kappa shape index (κ3) is 4.93. The van der Waals surface area contributed by atoms with Gasteiger partial charge in [0, 0.05) is 12.3 Å². The van der Waals surface area contributed by atoms with Gasteiger partial charge in [-0.25, -0.2) is 0 Å². The number of ether oxygens (including phenoxy) is 3. The van der Waals surface area contributed by atoms with Gasteiger partial charge in [0.05, 0.1) is 19.3 Å². The zero-order valence-electron chi connectivity index (χ0n) is 29.5. The maximum Gasteiger partial charge on any atom is 0.302 e. The number of carbonyl (C=O) groups is 1. The second-order valence-corrected chi connectivity index (χ2v) is 18.0. The number of aliphatic hydroxyl groups is 4. The van der Waals surface area contributed by atoms with E-state index in [0.717, 1.165) is 38.5 Å².